The molecule has 2 aromatic carbocycles. The second-order valence-corrected chi connectivity index (χ2v) is 8.11. The van der Waals surface area contributed by atoms with Crippen molar-refractivity contribution in [3.8, 4) is 0 Å². The number of anilines is 1. The van der Waals surface area contributed by atoms with Gasteiger partial charge in [0.25, 0.3) is 5.91 Å². The van der Waals surface area contributed by atoms with E-state index in [2.05, 4.69) is 0 Å². The van der Waals surface area contributed by atoms with E-state index in [0.29, 0.717) is 29.0 Å². The van der Waals surface area contributed by atoms with Crippen molar-refractivity contribution in [2.75, 3.05) is 11.9 Å². The molecule has 3 rings (SSSR count). The molecule has 1 aliphatic heterocycles. The van der Waals surface area contributed by atoms with Crippen molar-refractivity contribution in [3.05, 3.63) is 64.7 Å². The summed E-state index contributed by atoms with van der Waals surface area (Å²) in [6.45, 7) is 1.67. The van der Waals surface area contributed by atoms with Gasteiger partial charge in [-0.2, -0.15) is 26.3 Å². The first-order valence-electron chi connectivity index (χ1n) is 10.1. The molecule has 0 bridgehead atoms. The number of halogens is 6. The molecule has 2 aromatic rings. The Morgan fingerprint density at radius 3 is 2.03 bits per heavy atom. The second kappa shape index (κ2) is 8.82. The van der Waals surface area contributed by atoms with Crippen LogP contribution in [0.1, 0.15) is 41.0 Å². The number of nitrogens with two attached hydrogens (primary N) is 1. The topological polar surface area (TPSA) is 95.7 Å². The van der Waals surface area contributed by atoms with Crippen LogP contribution in [-0.4, -0.2) is 34.2 Å². The SMILES string of the molecule is Cc1ccc(C2CCCN(C(=O)O)C2(N)C(=O)Nc2cc(C(F)(F)F)cc(C(F)(F)F)c2)cc1. The van der Waals surface area contributed by atoms with Crippen LogP contribution in [0.4, 0.5) is 36.8 Å². The summed E-state index contributed by atoms with van der Waals surface area (Å²) in [5.41, 5.74) is 1.38. The molecule has 1 aliphatic rings. The zero-order valence-corrected chi connectivity index (χ0v) is 17.8. The van der Waals surface area contributed by atoms with Crippen LogP contribution in [0.25, 0.3) is 0 Å². The predicted octanol–water partition coefficient (Wildman–Crippen LogP) is 5.18. The average molecular weight is 489 g/mol. The van der Waals surface area contributed by atoms with Gasteiger partial charge in [-0.15, -0.1) is 0 Å². The third kappa shape index (κ3) is 4.96. The molecule has 2 unspecified atom stereocenters. The summed E-state index contributed by atoms with van der Waals surface area (Å²) < 4.78 is 79.2. The lowest BCUT2D eigenvalue weighted by Gasteiger charge is -2.47. The van der Waals surface area contributed by atoms with Gasteiger partial charge < -0.3 is 10.4 Å². The lowest BCUT2D eigenvalue weighted by molar-refractivity contribution is -0.143. The molecule has 1 heterocycles. The lowest BCUT2D eigenvalue weighted by Crippen LogP contribution is -2.70. The first kappa shape index (κ1) is 25.3. The molecule has 0 aliphatic carbocycles. The quantitative estimate of drug-likeness (QED) is 0.518. The Kier molecular flexibility index (Phi) is 6.57. The van der Waals surface area contributed by atoms with Crippen molar-refractivity contribution in [1.82, 2.24) is 4.90 Å². The summed E-state index contributed by atoms with van der Waals surface area (Å²) in [4.78, 5) is 25.8. The van der Waals surface area contributed by atoms with Crippen molar-refractivity contribution < 1.29 is 41.0 Å². The van der Waals surface area contributed by atoms with E-state index in [1.807, 2.05) is 12.2 Å². The van der Waals surface area contributed by atoms with E-state index < -0.39 is 52.7 Å². The molecule has 1 fully saturated rings. The fourth-order valence-electron chi connectivity index (χ4n) is 4.06. The number of nitrogens with one attached hydrogen (secondary N) is 1. The standard InChI is InChI=1S/C22H21F6N3O3/c1-12-4-6-13(7-5-12)17-3-2-8-31(19(33)34)20(17,29)18(32)30-16-10-14(21(23,24)25)9-15(11-16)22(26,27)28/h4-7,9-11,17H,2-3,8,29H2,1H3,(H,30,32)(H,33,34). The number of aryl methyl sites for hydroxylation is 1. The van der Waals surface area contributed by atoms with E-state index >= 15 is 0 Å². The fraction of sp³-hybridized carbons (Fsp3) is 0.364. The maximum atomic E-state index is 13.3. The molecule has 0 saturated carbocycles. The summed E-state index contributed by atoms with van der Waals surface area (Å²) in [6, 6.07) is 7.33. The van der Waals surface area contributed by atoms with Gasteiger partial charge in [-0.3, -0.25) is 15.4 Å². The number of nitrogens with zero attached hydrogens (tertiary/aromatic N) is 1. The maximum absolute atomic E-state index is 13.3. The van der Waals surface area contributed by atoms with Gasteiger partial charge in [0, 0.05) is 18.2 Å². The zero-order chi connectivity index (χ0) is 25.5. The van der Waals surface area contributed by atoms with Crippen LogP contribution in [0, 0.1) is 6.92 Å². The number of likely N-dealkylation sites (tertiary alicyclic amines) is 1. The van der Waals surface area contributed by atoms with Crippen LogP contribution < -0.4 is 11.1 Å². The van der Waals surface area contributed by atoms with Crippen LogP contribution in [-0.2, 0) is 17.1 Å². The van der Waals surface area contributed by atoms with Gasteiger partial charge in [0.1, 0.15) is 0 Å². The molecule has 4 N–H and O–H groups in total. The van der Waals surface area contributed by atoms with E-state index in [-0.39, 0.29) is 19.0 Å². The molecule has 2 atom stereocenters. The van der Waals surface area contributed by atoms with E-state index in [1.165, 1.54) is 0 Å². The molecule has 12 heteroatoms. The minimum absolute atomic E-state index is 0.0763. The van der Waals surface area contributed by atoms with E-state index in [9.17, 15) is 41.0 Å². The number of amides is 2. The first-order chi connectivity index (χ1) is 15.6. The van der Waals surface area contributed by atoms with Gasteiger partial charge in [-0.1, -0.05) is 29.8 Å². The van der Waals surface area contributed by atoms with E-state index in [0.717, 1.165) is 5.56 Å². The van der Waals surface area contributed by atoms with Crippen LogP contribution in [0.2, 0.25) is 0 Å². The Morgan fingerprint density at radius 2 is 1.56 bits per heavy atom. The lowest BCUT2D eigenvalue weighted by atomic mass is 9.78. The Bertz CT molecular complexity index is 1050. The molecule has 1 saturated heterocycles. The largest absolute Gasteiger partial charge is 0.465 e. The van der Waals surface area contributed by atoms with Crippen molar-refractivity contribution in [3.63, 3.8) is 0 Å². The first-order valence-corrected chi connectivity index (χ1v) is 10.1. The Balaban J connectivity index is 2.07. The fourth-order valence-corrected chi connectivity index (χ4v) is 4.06. The van der Waals surface area contributed by atoms with E-state index in [4.69, 9.17) is 5.73 Å². The highest BCUT2D eigenvalue weighted by atomic mass is 19.4. The average Bonchev–Trinajstić information content (AvgIpc) is 2.73. The molecule has 2 amide bonds. The number of carbonyl (C=O) groups is 2. The maximum Gasteiger partial charge on any atom is 0.416 e. The van der Waals surface area contributed by atoms with Crippen LogP contribution in [0.3, 0.4) is 0 Å². The van der Waals surface area contributed by atoms with Gasteiger partial charge >= 0.3 is 18.4 Å². The van der Waals surface area contributed by atoms with Crippen molar-refractivity contribution in [1.29, 1.82) is 0 Å². The molecule has 0 spiro atoms. The van der Waals surface area contributed by atoms with E-state index in [1.54, 1.807) is 24.3 Å². The van der Waals surface area contributed by atoms with Crippen LogP contribution in [0.5, 0.6) is 0 Å². The van der Waals surface area contributed by atoms with Gasteiger partial charge in [0.15, 0.2) is 5.66 Å². The molecule has 0 radical (unpaired) electrons. The normalized spacial score (nSPS) is 21.3. The number of benzene rings is 2. The highest BCUT2D eigenvalue weighted by molar-refractivity contribution is 6.00. The molecular formula is C22H21F6N3O3. The number of hydrogen-bond donors (Lipinski definition) is 3. The van der Waals surface area contributed by atoms with Gasteiger partial charge in [0.2, 0.25) is 0 Å². The molecule has 6 nitrogen and oxygen atoms in total. The highest BCUT2D eigenvalue weighted by Gasteiger charge is 2.52. The minimum Gasteiger partial charge on any atom is -0.465 e. The molecule has 184 valence electrons. The van der Waals surface area contributed by atoms with Crippen molar-refractivity contribution in [2.45, 2.75) is 43.7 Å². The van der Waals surface area contributed by atoms with Crippen LogP contribution >= 0.6 is 0 Å². The Morgan fingerprint density at radius 1 is 1.03 bits per heavy atom. The number of carboxylic acid groups (broad SMARTS) is 1. The molecular weight excluding hydrogens is 468 g/mol. The third-order valence-corrected chi connectivity index (χ3v) is 5.77. The smallest absolute Gasteiger partial charge is 0.416 e. The predicted molar refractivity (Wildman–Crippen MR) is 110 cm³/mol. The van der Waals surface area contributed by atoms with Crippen molar-refractivity contribution in [2.24, 2.45) is 5.73 Å². The van der Waals surface area contributed by atoms with Gasteiger partial charge in [-0.25, -0.2) is 4.79 Å². The Labute approximate surface area is 190 Å². The monoisotopic (exact) mass is 489 g/mol. The zero-order valence-electron chi connectivity index (χ0n) is 17.8. The summed E-state index contributed by atoms with van der Waals surface area (Å²) in [5.74, 6) is -2.14. The summed E-state index contributed by atoms with van der Waals surface area (Å²) in [5, 5.41) is 11.7. The van der Waals surface area contributed by atoms with Gasteiger partial charge in [-0.05, 0) is 43.5 Å². The number of alkyl halides is 6. The third-order valence-electron chi connectivity index (χ3n) is 5.77. The second-order valence-electron chi connectivity index (χ2n) is 8.11. The summed E-state index contributed by atoms with van der Waals surface area (Å²) in [6.07, 6.45) is -11.2. The van der Waals surface area contributed by atoms with Gasteiger partial charge in [0.05, 0.1) is 11.1 Å². The van der Waals surface area contributed by atoms with Crippen LogP contribution in [0.15, 0.2) is 42.5 Å². The number of carbonyl (C=O) groups excluding carboxylic acids is 1. The number of rotatable bonds is 3. The summed E-state index contributed by atoms with van der Waals surface area (Å²) in [7, 11) is 0. The molecule has 34 heavy (non-hydrogen) atoms. The van der Waals surface area contributed by atoms with Crippen molar-refractivity contribution >= 4 is 17.7 Å². The Hall–Kier alpha value is -3.28. The summed E-state index contributed by atoms with van der Waals surface area (Å²) >= 11 is 0. The highest BCUT2D eigenvalue weighted by Crippen LogP contribution is 2.41. The number of hydrogen-bond acceptors (Lipinski definition) is 3. The number of piperidine rings is 1. The molecule has 0 aromatic heterocycles. The minimum atomic E-state index is -5.12.